The molecule has 0 saturated carbocycles. The summed E-state index contributed by atoms with van der Waals surface area (Å²) in [6, 6.07) is 18.4. The monoisotopic (exact) mass is 482 g/mol. The fraction of sp³-hybridized carbons (Fsp3) is 0.192. The van der Waals surface area contributed by atoms with Gasteiger partial charge in [0.2, 0.25) is 5.91 Å². The number of halogens is 3. The number of nitrogens with zero attached hydrogens (tertiary/aromatic N) is 1. The van der Waals surface area contributed by atoms with Crippen molar-refractivity contribution in [3.63, 3.8) is 0 Å². The van der Waals surface area contributed by atoms with Crippen LogP contribution in [0.15, 0.2) is 72.8 Å². The van der Waals surface area contributed by atoms with Gasteiger partial charge in [-0.2, -0.15) is 13.2 Å². The van der Waals surface area contributed by atoms with Gasteiger partial charge in [-0.25, -0.2) is 4.79 Å². The van der Waals surface area contributed by atoms with Gasteiger partial charge < -0.3 is 15.0 Å². The van der Waals surface area contributed by atoms with Crippen LogP contribution in [0.3, 0.4) is 0 Å². The van der Waals surface area contributed by atoms with Crippen LogP contribution in [0.25, 0.3) is 0 Å². The third-order valence-electron chi connectivity index (χ3n) is 5.63. The Kier molecular flexibility index (Phi) is 6.59. The van der Waals surface area contributed by atoms with Gasteiger partial charge in [0.15, 0.2) is 0 Å². The van der Waals surface area contributed by atoms with E-state index in [1.54, 1.807) is 6.07 Å². The Bertz CT molecular complexity index is 1280. The lowest BCUT2D eigenvalue weighted by Gasteiger charge is -2.26. The topological polar surface area (TPSA) is 75.7 Å². The smallest absolute Gasteiger partial charge is 0.418 e. The SMILES string of the molecule is CN(CC(=O)Nc1ccccc1C(F)(F)F)C(=O)c1ccc2c(c1)C[C@H](c1ccccc1)OC2=O. The quantitative estimate of drug-likeness (QED) is 0.527. The largest absolute Gasteiger partial charge is 0.454 e. The average molecular weight is 482 g/mol. The Labute approximate surface area is 199 Å². The molecule has 0 aromatic heterocycles. The first-order valence-electron chi connectivity index (χ1n) is 10.7. The van der Waals surface area contributed by atoms with Crippen LogP contribution >= 0.6 is 0 Å². The van der Waals surface area contributed by atoms with E-state index in [4.69, 9.17) is 4.74 Å². The molecule has 1 aliphatic rings. The summed E-state index contributed by atoms with van der Waals surface area (Å²) in [4.78, 5) is 38.9. The van der Waals surface area contributed by atoms with Crippen molar-refractivity contribution in [2.75, 3.05) is 18.9 Å². The lowest BCUT2D eigenvalue weighted by Crippen LogP contribution is -2.35. The van der Waals surface area contributed by atoms with Gasteiger partial charge in [0, 0.05) is 19.0 Å². The summed E-state index contributed by atoms with van der Waals surface area (Å²) in [7, 11) is 1.37. The summed E-state index contributed by atoms with van der Waals surface area (Å²) in [5.41, 5.74) is 0.713. The van der Waals surface area contributed by atoms with Crippen LogP contribution in [0, 0.1) is 0 Å². The number of amides is 2. The second-order valence-electron chi connectivity index (χ2n) is 8.13. The number of carbonyl (C=O) groups excluding carboxylic acids is 3. The number of ether oxygens (including phenoxy) is 1. The molecule has 1 atom stereocenters. The van der Waals surface area contributed by atoms with Gasteiger partial charge in [0.25, 0.3) is 5.91 Å². The van der Waals surface area contributed by atoms with Gasteiger partial charge >= 0.3 is 12.1 Å². The molecule has 1 aliphatic heterocycles. The van der Waals surface area contributed by atoms with E-state index in [9.17, 15) is 27.6 Å². The van der Waals surface area contributed by atoms with Crippen LogP contribution in [0.2, 0.25) is 0 Å². The summed E-state index contributed by atoms with van der Waals surface area (Å²) in [5, 5.41) is 2.22. The van der Waals surface area contributed by atoms with Crippen LogP contribution in [-0.2, 0) is 22.1 Å². The van der Waals surface area contributed by atoms with E-state index in [0.29, 0.717) is 17.5 Å². The normalized spacial score (nSPS) is 15.1. The minimum absolute atomic E-state index is 0.247. The van der Waals surface area contributed by atoms with Gasteiger partial charge in [-0.3, -0.25) is 9.59 Å². The number of likely N-dealkylation sites (N-methyl/N-ethyl adjacent to an activating group) is 1. The van der Waals surface area contributed by atoms with Crippen molar-refractivity contribution in [3.8, 4) is 0 Å². The van der Waals surface area contributed by atoms with E-state index < -0.39 is 42.2 Å². The molecule has 1 N–H and O–H groups in total. The van der Waals surface area contributed by atoms with E-state index in [1.165, 1.54) is 31.3 Å². The maximum atomic E-state index is 13.2. The lowest BCUT2D eigenvalue weighted by atomic mass is 9.93. The molecule has 6 nitrogen and oxygen atoms in total. The maximum absolute atomic E-state index is 13.2. The third kappa shape index (κ3) is 5.34. The first-order valence-corrected chi connectivity index (χ1v) is 10.7. The molecular weight excluding hydrogens is 461 g/mol. The fourth-order valence-electron chi connectivity index (χ4n) is 3.92. The van der Waals surface area contributed by atoms with Crippen LogP contribution in [-0.4, -0.2) is 36.3 Å². The first kappa shape index (κ1) is 24.0. The minimum Gasteiger partial charge on any atom is -0.454 e. The number of cyclic esters (lactones) is 1. The van der Waals surface area contributed by atoms with Crippen molar-refractivity contribution in [1.82, 2.24) is 4.90 Å². The van der Waals surface area contributed by atoms with E-state index >= 15 is 0 Å². The standard InChI is InChI=1S/C26H21F3N2O4/c1-31(15-23(32)30-21-10-6-5-9-20(21)26(27,28)29)24(33)17-11-12-19-18(13-17)14-22(35-25(19)34)16-7-3-2-4-8-16/h2-13,22H,14-15H2,1H3,(H,30,32)/t22-/m1/s1. The molecular formula is C26H21F3N2O4. The van der Waals surface area contributed by atoms with E-state index in [-0.39, 0.29) is 11.3 Å². The van der Waals surface area contributed by atoms with E-state index in [0.717, 1.165) is 22.6 Å². The highest BCUT2D eigenvalue weighted by Crippen LogP contribution is 2.34. The molecule has 180 valence electrons. The summed E-state index contributed by atoms with van der Waals surface area (Å²) >= 11 is 0. The predicted octanol–water partition coefficient (Wildman–Crippen LogP) is 4.87. The van der Waals surface area contributed by atoms with Crippen molar-refractivity contribution in [2.24, 2.45) is 0 Å². The number of para-hydroxylation sites is 1. The Hall–Kier alpha value is -4.14. The molecule has 0 fully saturated rings. The molecule has 4 rings (SSSR count). The zero-order valence-corrected chi connectivity index (χ0v) is 18.6. The number of anilines is 1. The molecule has 2 amide bonds. The third-order valence-corrected chi connectivity index (χ3v) is 5.63. The number of hydrogen-bond acceptors (Lipinski definition) is 4. The highest BCUT2D eigenvalue weighted by molar-refractivity contribution is 6.01. The summed E-state index contributed by atoms with van der Waals surface area (Å²) < 4.78 is 45.0. The number of rotatable bonds is 5. The van der Waals surface area contributed by atoms with Gasteiger partial charge in [-0.1, -0.05) is 42.5 Å². The molecule has 0 aliphatic carbocycles. The Morgan fingerprint density at radius 3 is 2.43 bits per heavy atom. The number of hydrogen-bond donors (Lipinski definition) is 1. The number of benzene rings is 3. The lowest BCUT2D eigenvalue weighted by molar-refractivity contribution is -0.137. The molecule has 1 heterocycles. The van der Waals surface area contributed by atoms with Gasteiger partial charge in [-0.15, -0.1) is 0 Å². The molecule has 0 bridgehead atoms. The minimum atomic E-state index is -4.63. The van der Waals surface area contributed by atoms with Crippen LogP contribution in [0.4, 0.5) is 18.9 Å². The number of fused-ring (bicyclic) bond motifs is 1. The summed E-state index contributed by atoms with van der Waals surface area (Å²) in [6.07, 6.45) is -4.74. The highest BCUT2D eigenvalue weighted by atomic mass is 19.4. The number of esters is 1. The molecule has 0 spiro atoms. The molecule has 0 unspecified atom stereocenters. The van der Waals surface area contributed by atoms with Gasteiger partial charge in [-0.05, 0) is 41.5 Å². The second kappa shape index (κ2) is 9.61. The first-order chi connectivity index (χ1) is 16.6. The van der Waals surface area contributed by atoms with Gasteiger partial charge in [0.05, 0.1) is 23.4 Å². The molecule has 35 heavy (non-hydrogen) atoms. The van der Waals surface area contributed by atoms with Crippen molar-refractivity contribution in [3.05, 3.63) is 101 Å². The highest BCUT2D eigenvalue weighted by Gasteiger charge is 2.34. The predicted molar refractivity (Wildman–Crippen MR) is 122 cm³/mol. The van der Waals surface area contributed by atoms with Crippen LogP contribution in [0.1, 0.15) is 43.5 Å². The van der Waals surface area contributed by atoms with E-state index in [1.807, 2.05) is 30.3 Å². The Balaban J connectivity index is 1.47. The van der Waals surface area contributed by atoms with E-state index in [2.05, 4.69) is 5.32 Å². The summed E-state index contributed by atoms with van der Waals surface area (Å²) in [6.45, 7) is -0.462. The average Bonchev–Trinajstić information content (AvgIpc) is 2.83. The van der Waals surface area contributed by atoms with Crippen molar-refractivity contribution in [1.29, 1.82) is 0 Å². The van der Waals surface area contributed by atoms with Crippen LogP contribution < -0.4 is 5.32 Å². The molecule has 3 aromatic rings. The molecule has 0 radical (unpaired) electrons. The Morgan fingerprint density at radius 2 is 1.71 bits per heavy atom. The fourth-order valence-corrected chi connectivity index (χ4v) is 3.92. The van der Waals surface area contributed by atoms with Crippen molar-refractivity contribution in [2.45, 2.75) is 18.7 Å². The van der Waals surface area contributed by atoms with Gasteiger partial charge in [0.1, 0.15) is 6.10 Å². The number of nitrogens with one attached hydrogen (secondary N) is 1. The second-order valence-corrected chi connectivity index (χ2v) is 8.13. The molecule has 9 heteroatoms. The molecule has 3 aromatic carbocycles. The van der Waals surface area contributed by atoms with Crippen LogP contribution in [0.5, 0.6) is 0 Å². The Morgan fingerprint density at radius 1 is 1.03 bits per heavy atom. The molecule has 0 saturated heterocycles. The number of alkyl halides is 3. The van der Waals surface area contributed by atoms with Crippen molar-refractivity contribution >= 4 is 23.5 Å². The summed E-state index contributed by atoms with van der Waals surface area (Å²) in [5.74, 6) is -1.78. The number of carbonyl (C=O) groups is 3. The zero-order valence-electron chi connectivity index (χ0n) is 18.6. The maximum Gasteiger partial charge on any atom is 0.418 e. The van der Waals surface area contributed by atoms with Crippen molar-refractivity contribution < 1.29 is 32.3 Å². The zero-order chi connectivity index (χ0) is 25.2.